The Hall–Kier alpha value is -3.52. The Balaban J connectivity index is 1.46. The smallest absolute Gasteiger partial charge is 0.418 e. The number of aliphatic hydroxyl groups is 1. The molecule has 8 heteroatoms. The third-order valence-corrected chi connectivity index (χ3v) is 7.11. The Labute approximate surface area is 213 Å². The molecule has 5 nitrogen and oxygen atoms in total. The Morgan fingerprint density at radius 1 is 1.05 bits per heavy atom. The van der Waals surface area contributed by atoms with E-state index in [0.717, 1.165) is 28.8 Å². The fourth-order valence-corrected chi connectivity index (χ4v) is 5.27. The average molecular weight is 510 g/mol. The number of hydrogen-bond acceptors (Lipinski definition) is 4. The number of ether oxygens (including phenoxy) is 1. The number of alkyl halides is 3. The van der Waals surface area contributed by atoms with Gasteiger partial charge >= 0.3 is 6.18 Å². The van der Waals surface area contributed by atoms with Crippen molar-refractivity contribution in [1.29, 1.82) is 0 Å². The third kappa shape index (κ3) is 4.66. The lowest BCUT2D eigenvalue weighted by Crippen LogP contribution is -2.53. The van der Waals surface area contributed by atoms with Crippen LogP contribution in [0.5, 0.6) is 5.75 Å². The molecule has 0 fully saturated rings. The van der Waals surface area contributed by atoms with Crippen molar-refractivity contribution in [1.82, 2.24) is 9.78 Å². The average Bonchev–Trinajstić information content (AvgIpc) is 3.49. The van der Waals surface area contributed by atoms with E-state index in [0.29, 0.717) is 29.0 Å². The van der Waals surface area contributed by atoms with Crippen molar-refractivity contribution in [3.05, 3.63) is 83.6 Å². The first-order valence-corrected chi connectivity index (χ1v) is 12.3. The fourth-order valence-electron chi connectivity index (χ4n) is 5.27. The van der Waals surface area contributed by atoms with Crippen LogP contribution in [0.3, 0.4) is 0 Å². The summed E-state index contributed by atoms with van der Waals surface area (Å²) in [5.41, 5.74) is 0.637. The Bertz CT molecular complexity index is 1430. The zero-order valence-corrected chi connectivity index (χ0v) is 21.1. The standard InChI is InChI=1S/C29H30F3N3O2/c1-19-14-24(22-16-34-35(25(22)15-19)21-9-5-4-6-10-21)33-18-28(36,29(30,31)32)17-27(2,3)23-11-7-8-20-12-13-37-26(20)23/h4-11,14-16,33,36H,12-13,17-18H2,1-3H3. The lowest BCUT2D eigenvalue weighted by Gasteiger charge is -2.38. The number of aryl methyl sites for hydroxylation is 1. The summed E-state index contributed by atoms with van der Waals surface area (Å²) < 4.78 is 50.7. The number of benzene rings is 3. The maximum atomic E-state index is 14.4. The number of rotatable bonds is 7. The van der Waals surface area contributed by atoms with Gasteiger partial charge in [-0.25, -0.2) is 4.68 Å². The third-order valence-electron chi connectivity index (χ3n) is 7.11. The van der Waals surface area contributed by atoms with E-state index in [1.54, 1.807) is 36.9 Å². The molecule has 1 aromatic heterocycles. The van der Waals surface area contributed by atoms with Gasteiger partial charge in [0.1, 0.15) is 5.75 Å². The largest absolute Gasteiger partial charge is 0.493 e. The summed E-state index contributed by atoms with van der Waals surface area (Å²) in [6.45, 7) is 5.12. The number of anilines is 1. The number of halogens is 3. The SMILES string of the molecule is Cc1cc(NCC(O)(CC(C)(C)c2cccc3c2OCC3)C(F)(F)F)c2cnn(-c3ccccc3)c2c1. The van der Waals surface area contributed by atoms with Crippen molar-refractivity contribution in [2.24, 2.45) is 0 Å². The fraction of sp³-hybridized carbons (Fsp3) is 0.345. The number of para-hydroxylation sites is 2. The van der Waals surface area contributed by atoms with Crippen molar-refractivity contribution in [2.75, 3.05) is 18.5 Å². The molecule has 0 spiro atoms. The molecule has 2 heterocycles. The number of nitrogens with zero attached hydrogens (tertiary/aromatic N) is 2. The van der Waals surface area contributed by atoms with Crippen LogP contribution in [0.25, 0.3) is 16.6 Å². The van der Waals surface area contributed by atoms with E-state index in [-0.39, 0.29) is 0 Å². The summed E-state index contributed by atoms with van der Waals surface area (Å²) in [5, 5.41) is 19.2. The summed E-state index contributed by atoms with van der Waals surface area (Å²) >= 11 is 0. The normalized spacial score (nSPS) is 15.3. The van der Waals surface area contributed by atoms with Crippen LogP contribution in [0, 0.1) is 6.92 Å². The maximum Gasteiger partial charge on any atom is 0.418 e. The van der Waals surface area contributed by atoms with Gasteiger partial charge in [-0.15, -0.1) is 0 Å². The molecule has 0 saturated heterocycles. The number of nitrogens with one attached hydrogen (secondary N) is 1. The van der Waals surface area contributed by atoms with E-state index in [1.807, 2.05) is 55.5 Å². The minimum Gasteiger partial charge on any atom is -0.493 e. The highest BCUT2D eigenvalue weighted by Crippen LogP contribution is 2.45. The van der Waals surface area contributed by atoms with Gasteiger partial charge < -0.3 is 15.2 Å². The molecule has 1 atom stereocenters. The van der Waals surface area contributed by atoms with Gasteiger partial charge in [0, 0.05) is 23.1 Å². The molecule has 0 aliphatic carbocycles. The molecule has 4 aromatic rings. The predicted molar refractivity (Wildman–Crippen MR) is 139 cm³/mol. The summed E-state index contributed by atoms with van der Waals surface area (Å²) in [6.07, 6.45) is -3.03. The van der Waals surface area contributed by atoms with Crippen LogP contribution in [0.15, 0.2) is 66.9 Å². The van der Waals surface area contributed by atoms with Crippen LogP contribution in [0.1, 0.15) is 37.0 Å². The summed E-state index contributed by atoms with van der Waals surface area (Å²) in [4.78, 5) is 0. The second kappa shape index (κ2) is 9.10. The second-order valence-corrected chi connectivity index (χ2v) is 10.5. The summed E-state index contributed by atoms with van der Waals surface area (Å²) in [5.74, 6) is 0.638. The first kappa shape index (κ1) is 25.1. The number of aromatic nitrogens is 2. The van der Waals surface area contributed by atoms with Gasteiger partial charge in [0.15, 0.2) is 5.60 Å². The van der Waals surface area contributed by atoms with E-state index in [1.165, 1.54) is 0 Å². The van der Waals surface area contributed by atoms with Crippen molar-refractivity contribution < 1.29 is 23.0 Å². The Morgan fingerprint density at radius 3 is 2.54 bits per heavy atom. The molecular formula is C29H30F3N3O2. The van der Waals surface area contributed by atoms with Crippen LogP contribution in [0.2, 0.25) is 0 Å². The molecule has 0 bridgehead atoms. The van der Waals surface area contributed by atoms with Crippen molar-refractivity contribution in [3.8, 4) is 11.4 Å². The number of hydrogen-bond donors (Lipinski definition) is 2. The van der Waals surface area contributed by atoms with Gasteiger partial charge in [-0.05, 0) is 54.2 Å². The molecule has 1 aliphatic heterocycles. The van der Waals surface area contributed by atoms with Crippen LogP contribution >= 0.6 is 0 Å². The van der Waals surface area contributed by atoms with Gasteiger partial charge in [-0.1, -0.05) is 50.2 Å². The zero-order chi connectivity index (χ0) is 26.4. The summed E-state index contributed by atoms with van der Waals surface area (Å²) in [7, 11) is 0. The van der Waals surface area contributed by atoms with E-state index in [4.69, 9.17) is 4.74 Å². The van der Waals surface area contributed by atoms with E-state index in [9.17, 15) is 18.3 Å². The van der Waals surface area contributed by atoms with Gasteiger partial charge in [0.25, 0.3) is 0 Å². The van der Waals surface area contributed by atoms with Crippen LogP contribution in [-0.4, -0.2) is 39.8 Å². The molecule has 37 heavy (non-hydrogen) atoms. The lowest BCUT2D eigenvalue weighted by atomic mass is 9.74. The van der Waals surface area contributed by atoms with E-state index >= 15 is 0 Å². The first-order valence-electron chi connectivity index (χ1n) is 12.3. The minimum atomic E-state index is -4.85. The monoisotopic (exact) mass is 509 g/mol. The molecule has 194 valence electrons. The molecule has 5 rings (SSSR count). The Kier molecular flexibility index (Phi) is 6.18. The second-order valence-electron chi connectivity index (χ2n) is 10.5. The molecule has 1 aliphatic rings. The lowest BCUT2D eigenvalue weighted by molar-refractivity contribution is -0.260. The molecule has 0 saturated carbocycles. The summed E-state index contributed by atoms with van der Waals surface area (Å²) in [6, 6.07) is 18.8. The highest BCUT2D eigenvalue weighted by atomic mass is 19.4. The Morgan fingerprint density at radius 2 is 1.81 bits per heavy atom. The van der Waals surface area contributed by atoms with Gasteiger partial charge in [-0.2, -0.15) is 18.3 Å². The molecule has 3 aromatic carbocycles. The molecule has 0 radical (unpaired) electrons. The molecule has 0 amide bonds. The topological polar surface area (TPSA) is 59.3 Å². The minimum absolute atomic E-state index is 0.488. The molecular weight excluding hydrogens is 479 g/mol. The highest BCUT2D eigenvalue weighted by Gasteiger charge is 2.56. The number of fused-ring (bicyclic) bond motifs is 2. The zero-order valence-electron chi connectivity index (χ0n) is 21.1. The highest BCUT2D eigenvalue weighted by molar-refractivity contribution is 5.93. The van der Waals surface area contributed by atoms with Crippen molar-refractivity contribution >= 4 is 16.6 Å². The first-order chi connectivity index (χ1) is 17.5. The van der Waals surface area contributed by atoms with Crippen LogP contribution < -0.4 is 10.1 Å². The quantitative estimate of drug-likeness (QED) is 0.305. The molecule has 1 unspecified atom stereocenters. The van der Waals surface area contributed by atoms with Crippen LogP contribution in [-0.2, 0) is 11.8 Å². The van der Waals surface area contributed by atoms with Crippen LogP contribution in [0.4, 0.5) is 18.9 Å². The van der Waals surface area contributed by atoms with Crippen molar-refractivity contribution in [2.45, 2.75) is 50.8 Å². The van der Waals surface area contributed by atoms with Gasteiger partial charge in [-0.3, -0.25) is 0 Å². The van der Waals surface area contributed by atoms with Crippen molar-refractivity contribution in [3.63, 3.8) is 0 Å². The van der Waals surface area contributed by atoms with E-state index in [2.05, 4.69) is 10.4 Å². The maximum absolute atomic E-state index is 14.4. The van der Waals surface area contributed by atoms with E-state index < -0.39 is 30.2 Å². The van der Waals surface area contributed by atoms with Gasteiger partial charge in [0.05, 0.1) is 30.6 Å². The molecule has 2 N–H and O–H groups in total. The predicted octanol–water partition coefficient (Wildman–Crippen LogP) is 6.34. The van der Waals surface area contributed by atoms with Gasteiger partial charge in [0.2, 0.25) is 0 Å².